The zero-order valence-corrected chi connectivity index (χ0v) is 19.5. The molecule has 0 spiro atoms. The van der Waals surface area contributed by atoms with Crippen molar-refractivity contribution >= 4 is 23.5 Å². The second kappa shape index (κ2) is 8.22. The highest BCUT2D eigenvalue weighted by atomic mass is 16.7. The topological polar surface area (TPSA) is 106 Å². The van der Waals surface area contributed by atoms with E-state index in [0.717, 1.165) is 50.7 Å². The fraction of sp³-hybridized carbons (Fsp3) is 0.760. The molecule has 180 valence electrons. The summed E-state index contributed by atoms with van der Waals surface area (Å²) in [5, 5.41) is 15.3. The summed E-state index contributed by atoms with van der Waals surface area (Å²) in [4.78, 5) is 45.0. The third-order valence-electron chi connectivity index (χ3n) is 9.49. The first-order chi connectivity index (χ1) is 15.7. The average molecular weight is 459 g/mol. The van der Waals surface area contributed by atoms with Gasteiger partial charge in [0, 0.05) is 12.8 Å². The van der Waals surface area contributed by atoms with Crippen LogP contribution in [0.25, 0.3) is 0 Å². The molecule has 2 amide bonds. The summed E-state index contributed by atoms with van der Waals surface area (Å²) in [6, 6.07) is 0. The summed E-state index contributed by atoms with van der Waals surface area (Å²) in [6.07, 6.45) is 10.5. The molecule has 3 saturated carbocycles. The van der Waals surface area contributed by atoms with E-state index in [2.05, 4.69) is 25.1 Å². The van der Waals surface area contributed by atoms with Crippen molar-refractivity contribution in [3.63, 3.8) is 0 Å². The van der Waals surface area contributed by atoms with E-state index in [-0.39, 0.29) is 29.8 Å². The highest BCUT2D eigenvalue weighted by Crippen LogP contribution is 2.65. The normalized spacial score (nSPS) is 41.4. The van der Waals surface area contributed by atoms with E-state index in [0.29, 0.717) is 22.8 Å². The summed E-state index contributed by atoms with van der Waals surface area (Å²) >= 11 is 0. The van der Waals surface area contributed by atoms with E-state index in [4.69, 9.17) is 9.68 Å². The van der Waals surface area contributed by atoms with Crippen LogP contribution in [-0.2, 0) is 24.1 Å². The number of nitrogens with zero attached hydrogens (tertiary/aromatic N) is 2. The molecule has 4 fully saturated rings. The van der Waals surface area contributed by atoms with Gasteiger partial charge in [0.15, 0.2) is 0 Å². The molecule has 8 nitrogen and oxygen atoms in total. The van der Waals surface area contributed by atoms with Gasteiger partial charge in [0.2, 0.25) is 6.61 Å². The summed E-state index contributed by atoms with van der Waals surface area (Å²) in [7, 11) is 0. The van der Waals surface area contributed by atoms with Gasteiger partial charge in [-0.25, -0.2) is 4.79 Å². The maximum absolute atomic E-state index is 11.9. The first-order valence-corrected chi connectivity index (χ1v) is 12.4. The number of hydrogen-bond donors (Lipinski definition) is 1. The first-order valence-electron chi connectivity index (χ1n) is 12.4. The van der Waals surface area contributed by atoms with E-state index in [9.17, 15) is 19.5 Å². The minimum absolute atomic E-state index is 0.0596. The molecule has 5 rings (SSSR count). The lowest BCUT2D eigenvalue weighted by molar-refractivity contribution is -0.200. The Balaban J connectivity index is 1.22. The van der Waals surface area contributed by atoms with Crippen molar-refractivity contribution in [3.8, 4) is 0 Å². The third-order valence-corrected chi connectivity index (χ3v) is 9.49. The Bertz CT molecular complexity index is 912. The number of amides is 2. The van der Waals surface area contributed by atoms with Crippen LogP contribution < -0.4 is 0 Å². The molecule has 0 aromatic rings. The number of hydroxylamine groups is 2. The molecule has 0 aromatic heterocycles. The highest BCUT2D eigenvalue weighted by molar-refractivity contribution is 6.01. The number of aliphatic hydroxyl groups excluding tert-OH is 1. The van der Waals surface area contributed by atoms with Gasteiger partial charge < -0.3 is 14.8 Å². The minimum atomic E-state index is -0.819. The number of carbonyl (C=O) groups is 3. The monoisotopic (exact) mass is 458 g/mol. The van der Waals surface area contributed by atoms with Crippen molar-refractivity contribution in [2.45, 2.75) is 84.2 Å². The van der Waals surface area contributed by atoms with Crippen molar-refractivity contribution < 1.29 is 29.2 Å². The number of oxime groups is 1. The average Bonchev–Trinajstić information content (AvgIpc) is 3.26. The number of fused-ring (bicyclic) bond motifs is 5. The molecule has 0 unspecified atom stereocenters. The number of aliphatic hydroxyl groups is 1. The van der Waals surface area contributed by atoms with Crippen molar-refractivity contribution in [1.82, 2.24) is 5.06 Å². The van der Waals surface area contributed by atoms with Crippen LogP contribution in [-0.4, -0.2) is 46.4 Å². The Morgan fingerprint density at radius 3 is 2.58 bits per heavy atom. The Hall–Kier alpha value is -2.22. The molecule has 5 aliphatic rings. The van der Waals surface area contributed by atoms with Crippen LogP contribution in [0.1, 0.15) is 78.1 Å². The predicted octanol–water partition coefficient (Wildman–Crippen LogP) is 3.29. The fourth-order valence-corrected chi connectivity index (χ4v) is 7.57. The maximum atomic E-state index is 11.9. The second-order valence-corrected chi connectivity index (χ2v) is 11.0. The Morgan fingerprint density at radius 2 is 1.82 bits per heavy atom. The molecule has 0 bridgehead atoms. The Kier molecular flexibility index (Phi) is 5.62. The minimum Gasteiger partial charge on any atom is -0.393 e. The van der Waals surface area contributed by atoms with Crippen molar-refractivity contribution in [3.05, 3.63) is 11.6 Å². The molecule has 1 aliphatic heterocycles. The molecule has 33 heavy (non-hydrogen) atoms. The number of allylic oxidation sites excluding steroid dienone is 2. The number of imide groups is 1. The van der Waals surface area contributed by atoms with Gasteiger partial charge in [-0.15, -0.1) is 5.06 Å². The van der Waals surface area contributed by atoms with E-state index in [1.54, 1.807) is 0 Å². The molecule has 0 aromatic carbocycles. The van der Waals surface area contributed by atoms with Crippen LogP contribution >= 0.6 is 0 Å². The zero-order valence-electron chi connectivity index (χ0n) is 19.5. The summed E-state index contributed by atoms with van der Waals surface area (Å²) in [5.41, 5.74) is 2.49. The SMILES string of the molecule is C[C@]12CC[C@@H]3[C@@H](CCC4=C/C(=N\OCC(=O)ON5C(=O)CCC5=O)CC[C@@]43C)[C@@H]1CC[C@@H]2O. The molecule has 0 radical (unpaired) electrons. The van der Waals surface area contributed by atoms with Gasteiger partial charge in [0.05, 0.1) is 11.8 Å². The molecule has 1 N–H and O–H groups in total. The van der Waals surface area contributed by atoms with E-state index in [1.807, 2.05) is 0 Å². The lowest BCUT2D eigenvalue weighted by Gasteiger charge is -2.57. The number of rotatable bonds is 4. The highest BCUT2D eigenvalue weighted by Gasteiger charge is 2.58. The van der Waals surface area contributed by atoms with Gasteiger partial charge in [0.1, 0.15) is 0 Å². The third kappa shape index (κ3) is 3.70. The number of hydrogen-bond acceptors (Lipinski definition) is 7. The van der Waals surface area contributed by atoms with E-state index >= 15 is 0 Å². The van der Waals surface area contributed by atoms with Crippen LogP contribution in [0.4, 0.5) is 0 Å². The Labute approximate surface area is 194 Å². The summed E-state index contributed by atoms with van der Waals surface area (Å²) in [6.45, 7) is 4.26. The molecular weight excluding hydrogens is 424 g/mol. The van der Waals surface area contributed by atoms with Gasteiger partial charge >= 0.3 is 5.97 Å². The van der Waals surface area contributed by atoms with E-state index < -0.39 is 24.4 Å². The lowest BCUT2D eigenvalue weighted by Crippen LogP contribution is -2.51. The lowest BCUT2D eigenvalue weighted by atomic mass is 9.47. The van der Waals surface area contributed by atoms with Crippen LogP contribution in [0.2, 0.25) is 0 Å². The maximum Gasteiger partial charge on any atom is 0.373 e. The van der Waals surface area contributed by atoms with Crippen LogP contribution in [0.15, 0.2) is 16.8 Å². The van der Waals surface area contributed by atoms with Gasteiger partial charge in [-0.1, -0.05) is 24.6 Å². The van der Waals surface area contributed by atoms with Gasteiger partial charge in [-0.3, -0.25) is 9.59 Å². The zero-order chi connectivity index (χ0) is 23.4. The molecule has 4 aliphatic carbocycles. The molecule has 8 heteroatoms. The van der Waals surface area contributed by atoms with Crippen molar-refractivity contribution in [2.75, 3.05) is 6.61 Å². The van der Waals surface area contributed by atoms with Crippen molar-refractivity contribution in [1.29, 1.82) is 0 Å². The van der Waals surface area contributed by atoms with Crippen molar-refractivity contribution in [2.24, 2.45) is 33.7 Å². The van der Waals surface area contributed by atoms with Crippen LogP contribution in [0.3, 0.4) is 0 Å². The Morgan fingerprint density at radius 1 is 1.06 bits per heavy atom. The number of carbonyl (C=O) groups excluding carboxylic acids is 3. The van der Waals surface area contributed by atoms with Crippen LogP contribution in [0, 0.1) is 28.6 Å². The fourth-order valence-electron chi connectivity index (χ4n) is 7.57. The van der Waals surface area contributed by atoms with Crippen LogP contribution in [0.5, 0.6) is 0 Å². The molecule has 6 atom stereocenters. The summed E-state index contributed by atoms with van der Waals surface area (Å²) < 4.78 is 0. The molecule has 1 saturated heterocycles. The first kappa shape index (κ1) is 22.6. The molecule has 1 heterocycles. The largest absolute Gasteiger partial charge is 0.393 e. The van der Waals surface area contributed by atoms with Gasteiger partial charge in [-0.05, 0) is 86.0 Å². The summed E-state index contributed by atoms with van der Waals surface area (Å²) in [5.74, 6) is 0.116. The van der Waals surface area contributed by atoms with Gasteiger partial charge in [-0.2, -0.15) is 0 Å². The van der Waals surface area contributed by atoms with Gasteiger partial charge in [0.25, 0.3) is 11.8 Å². The second-order valence-electron chi connectivity index (χ2n) is 11.0. The quantitative estimate of drug-likeness (QED) is 0.512. The predicted molar refractivity (Wildman–Crippen MR) is 118 cm³/mol. The molecular formula is C25H34N2O6. The standard InChI is InChI=1S/C25H34N2O6/c1-24-11-9-16(26-32-14-23(31)33-27-21(29)7-8-22(27)30)13-15(24)3-4-17-18-5-6-20(28)25(18,2)12-10-19(17)24/h13,17-20,28H,3-12,14H2,1-2H3/b26-16-/t17-,18-,19+,20-,24-,25-/m0/s1. The smallest absolute Gasteiger partial charge is 0.373 e. The van der Waals surface area contributed by atoms with E-state index in [1.165, 1.54) is 12.0 Å².